The summed E-state index contributed by atoms with van der Waals surface area (Å²) in [6.07, 6.45) is 1.92. The zero-order valence-corrected chi connectivity index (χ0v) is 18.5. The molecule has 0 saturated heterocycles. The zero-order valence-electron chi connectivity index (χ0n) is 17.7. The smallest absolute Gasteiger partial charge is 0.311 e. The van der Waals surface area contributed by atoms with E-state index < -0.39 is 0 Å². The molecule has 8 heteroatoms. The van der Waals surface area contributed by atoms with Crippen LogP contribution in [0.1, 0.15) is 52.9 Å². The van der Waals surface area contributed by atoms with E-state index in [1.165, 1.54) is 18.3 Å². The van der Waals surface area contributed by atoms with Gasteiger partial charge >= 0.3 is 11.9 Å². The van der Waals surface area contributed by atoms with E-state index in [4.69, 9.17) is 9.47 Å². The number of hydrazone groups is 1. The molecule has 0 spiro atoms. The quantitative estimate of drug-likeness (QED) is 0.397. The van der Waals surface area contributed by atoms with Crippen LogP contribution in [0, 0.1) is 27.7 Å². The van der Waals surface area contributed by atoms with E-state index in [1.54, 1.807) is 13.1 Å². The predicted octanol–water partition coefficient (Wildman–Crippen LogP) is 3.99. The Morgan fingerprint density at radius 2 is 1.79 bits per heavy atom. The number of nitrogens with one attached hydrogen (secondary N) is 1. The van der Waals surface area contributed by atoms with Crippen molar-refractivity contribution in [3.05, 3.63) is 44.5 Å². The summed E-state index contributed by atoms with van der Waals surface area (Å²) in [7, 11) is 0. The van der Waals surface area contributed by atoms with Gasteiger partial charge in [0.1, 0.15) is 6.61 Å². The van der Waals surface area contributed by atoms with Crippen LogP contribution in [0.5, 0.6) is 0 Å². The molecule has 1 heterocycles. The van der Waals surface area contributed by atoms with Crippen LogP contribution in [0.3, 0.4) is 0 Å². The maximum absolute atomic E-state index is 11.5. The topological polar surface area (TPSA) is 89.9 Å². The van der Waals surface area contributed by atoms with Crippen molar-refractivity contribution in [2.45, 2.75) is 54.6 Å². The van der Waals surface area contributed by atoms with Crippen molar-refractivity contribution in [2.24, 2.45) is 5.10 Å². The minimum atomic E-state index is -0.293. The molecule has 0 unspecified atom stereocenters. The van der Waals surface area contributed by atoms with Crippen LogP contribution in [0.25, 0.3) is 0 Å². The Bertz CT molecular complexity index is 905. The molecule has 0 aliphatic carbocycles. The number of rotatable bonds is 8. The standard InChI is InChI=1S/C21H27N3O4S/c1-7-27-20(26)8-17-11-29-21(23-17)24-22-9-18-12(2)14(4)19(10-28-16(6)25)15(5)13(18)3/h9,11H,7-8,10H2,1-6H3,(H,23,24). The Hall–Kier alpha value is -2.74. The molecule has 1 aromatic carbocycles. The van der Waals surface area contributed by atoms with E-state index in [9.17, 15) is 9.59 Å². The molecule has 0 bridgehead atoms. The number of benzene rings is 1. The SMILES string of the molecule is CCOC(=O)Cc1csc(NN=Cc2c(C)c(C)c(COC(C)=O)c(C)c2C)n1. The van der Waals surface area contributed by atoms with Gasteiger partial charge in [0, 0.05) is 17.9 Å². The molecule has 0 saturated carbocycles. The number of aromatic nitrogens is 1. The third-order valence-corrected chi connectivity index (χ3v) is 5.59. The minimum Gasteiger partial charge on any atom is -0.466 e. The van der Waals surface area contributed by atoms with Gasteiger partial charge in [-0.25, -0.2) is 4.98 Å². The molecular weight excluding hydrogens is 390 g/mol. The lowest BCUT2D eigenvalue weighted by Gasteiger charge is -2.18. The molecule has 29 heavy (non-hydrogen) atoms. The summed E-state index contributed by atoms with van der Waals surface area (Å²) < 4.78 is 10.1. The van der Waals surface area contributed by atoms with Crippen LogP contribution in [-0.2, 0) is 32.1 Å². The second-order valence-corrected chi connectivity index (χ2v) is 7.53. The van der Waals surface area contributed by atoms with Crippen molar-refractivity contribution in [1.82, 2.24) is 4.98 Å². The highest BCUT2D eigenvalue weighted by Gasteiger charge is 2.15. The number of carbonyl (C=O) groups is 2. The Morgan fingerprint density at radius 3 is 2.38 bits per heavy atom. The van der Waals surface area contributed by atoms with Crippen molar-refractivity contribution in [2.75, 3.05) is 12.0 Å². The maximum atomic E-state index is 11.5. The van der Waals surface area contributed by atoms with Crippen LogP contribution >= 0.6 is 11.3 Å². The van der Waals surface area contributed by atoms with Crippen molar-refractivity contribution in [3.8, 4) is 0 Å². The molecule has 1 N–H and O–H groups in total. The van der Waals surface area contributed by atoms with Gasteiger partial charge < -0.3 is 9.47 Å². The molecule has 0 radical (unpaired) electrons. The minimum absolute atomic E-state index is 0.149. The first kappa shape index (κ1) is 22.5. The molecule has 156 valence electrons. The molecule has 2 aromatic rings. The van der Waals surface area contributed by atoms with Gasteiger partial charge in [-0.3, -0.25) is 15.0 Å². The second kappa shape index (κ2) is 10.2. The number of hydrogen-bond donors (Lipinski definition) is 1. The summed E-state index contributed by atoms with van der Waals surface area (Å²) in [5.74, 6) is -0.585. The van der Waals surface area contributed by atoms with Gasteiger partial charge in [0.15, 0.2) is 0 Å². The molecule has 1 aromatic heterocycles. The number of anilines is 1. The summed E-state index contributed by atoms with van der Waals surface area (Å²) in [6, 6.07) is 0. The van der Waals surface area contributed by atoms with Crippen LogP contribution in [0.4, 0.5) is 5.13 Å². The summed E-state index contributed by atoms with van der Waals surface area (Å²) in [5, 5.41) is 6.74. The fourth-order valence-electron chi connectivity index (χ4n) is 2.95. The van der Waals surface area contributed by atoms with E-state index in [-0.39, 0.29) is 25.0 Å². The van der Waals surface area contributed by atoms with E-state index in [0.29, 0.717) is 17.4 Å². The Labute approximate surface area is 175 Å². The molecule has 0 amide bonds. The number of thiazole rings is 1. The van der Waals surface area contributed by atoms with Crippen LogP contribution < -0.4 is 5.43 Å². The lowest BCUT2D eigenvalue weighted by molar-refractivity contribution is -0.143. The van der Waals surface area contributed by atoms with E-state index in [1.807, 2.05) is 33.1 Å². The molecule has 0 atom stereocenters. The fraction of sp³-hybridized carbons (Fsp3) is 0.429. The number of nitrogens with zero attached hydrogens (tertiary/aromatic N) is 2. The molecule has 0 fully saturated rings. The van der Waals surface area contributed by atoms with Gasteiger partial charge in [-0.05, 0) is 62.4 Å². The summed E-state index contributed by atoms with van der Waals surface area (Å²) in [6.45, 7) is 11.9. The summed E-state index contributed by atoms with van der Waals surface area (Å²) in [4.78, 5) is 27.0. The van der Waals surface area contributed by atoms with Crippen molar-refractivity contribution < 1.29 is 19.1 Å². The molecule has 7 nitrogen and oxygen atoms in total. The molecule has 0 aliphatic rings. The number of esters is 2. The van der Waals surface area contributed by atoms with E-state index >= 15 is 0 Å². The van der Waals surface area contributed by atoms with Gasteiger partial charge in [0.05, 0.1) is 24.9 Å². The third-order valence-electron chi connectivity index (χ3n) is 4.79. The lowest BCUT2D eigenvalue weighted by Crippen LogP contribution is -2.08. The Kier molecular flexibility index (Phi) is 7.90. The molecule has 2 rings (SSSR count). The first-order valence-corrected chi connectivity index (χ1v) is 10.2. The molecular formula is C21H27N3O4S. The Morgan fingerprint density at radius 1 is 1.14 bits per heavy atom. The highest BCUT2D eigenvalue weighted by molar-refractivity contribution is 7.13. The summed E-state index contributed by atoms with van der Waals surface area (Å²) >= 11 is 1.38. The number of ether oxygens (including phenoxy) is 2. The first-order valence-electron chi connectivity index (χ1n) is 9.36. The van der Waals surface area contributed by atoms with Gasteiger partial charge in [-0.2, -0.15) is 5.10 Å². The van der Waals surface area contributed by atoms with Crippen LogP contribution in [0.15, 0.2) is 10.5 Å². The van der Waals surface area contributed by atoms with E-state index in [0.717, 1.165) is 33.4 Å². The monoisotopic (exact) mass is 417 g/mol. The maximum Gasteiger partial charge on any atom is 0.311 e. The van der Waals surface area contributed by atoms with Gasteiger partial charge in [0.2, 0.25) is 5.13 Å². The average Bonchev–Trinajstić information content (AvgIpc) is 3.10. The van der Waals surface area contributed by atoms with Gasteiger partial charge in [-0.1, -0.05) is 0 Å². The molecule has 0 aliphatic heterocycles. The predicted molar refractivity (Wildman–Crippen MR) is 115 cm³/mol. The first-order chi connectivity index (χ1) is 13.7. The van der Waals surface area contributed by atoms with Crippen molar-refractivity contribution >= 4 is 34.6 Å². The normalized spacial score (nSPS) is 11.0. The van der Waals surface area contributed by atoms with Gasteiger partial charge in [-0.15, -0.1) is 11.3 Å². The largest absolute Gasteiger partial charge is 0.466 e. The average molecular weight is 418 g/mol. The van der Waals surface area contributed by atoms with Gasteiger partial charge in [0.25, 0.3) is 0 Å². The number of hydrogen-bond acceptors (Lipinski definition) is 8. The fourth-order valence-corrected chi connectivity index (χ4v) is 3.61. The summed E-state index contributed by atoms with van der Waals surface area (Å²) in [5.41, 5.74) is 9.96. The zero-order chi connectivity index (χ0) is 21.6. The number of carbonyl (C=O) groups excluding carboxylic acids is 2. The van der Waals surface area contributed by atoms with Crippen molar-refractivity contribution in [3.63, 3.8) is 0 Å². The van der Waals surface area contributed by atoms with E-state index in [2.05, 4.69) is 15.5 Å². The van der Waals surface area contributed by atoms with Crippen LogP contribution in [-0.4, -0.2) is 29.7 Å². The Balaban J connectivity index is 2.14. The highest BCUT2D eigenvalue weighted by Crippen LogP contribution is 2.26. The van der Waals surface area contributed by atoms with Crippen LogP contribution in [0.2, 0.25) is 0 Å². The lowest BCUT2D eigenvalue weighted by atomic mass is 9.89. The highest BCUT2D eigenvalue weighted by atomic mass is 32.1. The van der Waals surface area contributed by atoms with Crippen molar-refractivity contribution in [1.29, 1.82) is 0 Å². The second-order valence-electron chi connectivity index (χ2n) is 6.67. The third kappa shape index (κ3) is 5.87.